The van der Waals surface area contributed by atoms with Gasteiger partial charge in [-0.15, -0.1) is 0 Å². The SMILES string of the molecule is CCc1cnc(N2CCC(CO)CC2)nc1.CCc1cnc(N2CCC(COS(C)(=O)=O)CC2)nc1.OCC1CCNCC1. The molecule has 0 unspecified atom stereocenters. The predicted molar refractivity (Wildman–Crippen MR) is 173 cm³/mol. The summed E-state index contributed by atoms with van der Waals surface area (Å²) < 4.78 is 26.8. The highest BCUT2D eigenvalue weighted by Crippen LogP contribution is 2.22. The number of anilines is 2. The highest BCUT2D eigenvalue weighted by molar-refractivity contribution is 7.85. The summed E-state index contributed by atoms with van der Waals surface area (Å²) in [5.41, 5.74) is 2.30. The third kappa shape index (κ3) is 12.9. The summed E-state index contributed by atoms with van der Waals surface area (Å²) in [5, 5.41) is 21.0. The first-order valence-corrected chi connectivity index (χ1v) is 17.9. The number of nitrogens with zero attached hydrogens (tertiary/aromatic N) is 6. The van der Waals surface area contributed by atoms with Crippen LogP contribution in [-0.4, -0.2) is 104 Å². The van der Waals surface area contributed by atoms with Gasteiger partial charge < -0.3 is 25.3 Å². The van der Waals surface area contributed by atoms with Crippen LogP contribution in [-0.2, 0) is 27.1 Å². The van der Waals surface area contributed by atoms with Gasteiger partial charge in [0.2, 0.25) is 11.9 Å². The Kier molecular flexibility index (Phi) is 15.7. The molecule has 5 rings (SSSR count). The smallest absolute Gasteiger partial charge is 0.264 e. The van der Waals surface area contributed by atoms with Gasteiger partial charge in [0, 0.05) is 64.2 Å². The molecular formula is C31H53N7O5S. The Balaban J connectivity index is 0.000000196. The van der Waals surface area contributed by atoms with Crippen molar-refractivity contribution in [1.82, 2.24) is 25.3 Å². The van der Waals surface area contributed by atoms with Crippen LogP contribution in [0.1, 0.15) is 63.5 Å². The van der Waals surface area contributed by atoms with Crippen LogP contribution in [0.5, 0.6) is 0 Å². The molecule has 248 valence electrons. The van der Waals surface area contributed by atoms with E-state index in [4.69, 9.17) is 14.4 Å². The maximum absolute atomic E-state index is 11.0. The van der Waals surface area contributed by atoms with E-state index in [-0.39, 0.29) is 12.5 Å². The first-order valence-electron chi connectivity index (χ1n) is 16.1. The first kappa shape index (κ1) is 36.0. The summed E-state index contributed by atoms with van der Waals surface area (Å²) in [4.78, 5) is 21.8. The van der Waals surface area contributed by atoms with Gasteiger partial charge in [-0.2, -0.15) is 8.42 Å². The Morgan fingerprint density at radius 2 is 1.11 bits per heavy atom. The molecule has 2 aromatic rings. The second kappa shape index (κ2) is 19.2. The van der Waals surface area contributed by atoms with Gasteiger partial charge in [0.25, 0.3) is 10.1 Å². The van der Waals surface area contributed by atoms with Crippen LogP contribution in [0.3, 0.4) is 0 Å². The van der Waals surface area contributed by atoms with E-state index < -0.39 is 10.1 Å². The van der Waals surface area contributed by atoms with Crippen LogP contribution in [0.4, 0.5) is 11.9 Å². The van der Waals surface area contributed by atoms with Crippen molar-refractivity contribution in [2.75, 3.05) is 75.1 Å². The molecule has 3 aliphatic rings. The molecule has 13 heteroatoms. The van der Waals surface area contributed by atoms with Crippen LogP contribution in [0.2, 0.25) is 0 Å². The number of aromatic nitrogens is 4. The number of hydrogen-bond acceptors (Lipinski definition) is 12. The minimum absolute atomic E-state index is 0.280. The molecule has 44 heavy (non-hydrogen) atoms. The zero-order valence-electron chi connectivity index (χ0n) is 26.8. The number of aliphatic hydroxyl groups is 2. The summed E-state index contributed by atoms with van der Waals surface area (Å²) in [5.74, 6) is 2.91. The summed E-state index contributed by atoms with van der Waals surface area (Å²) in [6.07, 6.45) is 16.7. The maximum atomic E-state index is 11.0. The van der Waals surface area contributed by atoms with E-state index in [0.29, 0.717) is 25.0 Å². The van der Waals surface area contributed by atoms with Gasteiger partial charge >= 0.3 is 0 Å². The van der Waals surface area contributed by atoms with Gasteiger partial charge in [-0.3, -0.25) is 4.18 Å². The molecule has 0 radical (unpaired) electrons. The van der Waals surface area contributed by atoms with Gasteiger partial charge in [0.1, 0.15) is 0 Å². The first-order chi connectivity index (χ1) is 21.2. The molecule has 0 spiro atoms. The molecule has 0 saturated carbocycles. The van der Waals surface area contributed by atoms with Crippen LogP contribution in [0, 0.1) is 17.8 Å². The number of aliphatic hydroxyl groups excluding tert-OH is 2. The highest BCUT2D eigenvalue weighted by atomic mass is 32.2. The Morgan fingerprint density at radius 3 is 1.45 bits per heavy atom. The lowest BCUT2D eigenvalue weighted by molar-refractivity contribution is 0.196. The fourth-order valence-electron chi connectivity index (χ4n) is 5.29. The molecular weight excluding hydrogens is 582 g/mol. The number of aryl methyl sites for hydroxylation is 2. The second-order valence-electron chi connectivity index (χ2n) is 11.9. The van der Waals surface area contributed by atoms with E-state index in [1.807, 2.05) is 24.8 Å². The molecule has 0 aliphatic carbocycles. The number of rotatable bonds is 9. The van der Waals surface area contributed by atoms with Gasteiger partial charge in [0.05, 0.1) is 12.9 Å². The summed E-state index contributed by atoms with van der Waals surface area (Å²) in [7, 11) is -3.34. The van der Waals surface area contributed by atoms with Crippen LogP contribution < -0.4 is 15.1 Å². The van der Waals surface area contributed by atoms with Crippen molar-refractivity contribution in [2.24, 2.45) is 17.8 Å². The highest BCUT2D eigenvalue weighted by Gasteiger charge is 2.22. The fourth-order valence-corrected chi connectivity index (χ4v) is 5.73. The average Bonchev–Trinajstić information content (AvgIpc) is 3.08. The maximum Gasteiger partial charge on any atom is 0.264 e. The zero-order chi connectivity index (χ0) is 31.8. The van der Waals surface area contributed by atoms with Crippen molar-refractivity contribution in [3.05, 3.63) is 35.9 Å². The topological polar surface area (TPSA) is 154 Å². The Morgan fingerprint density at radius 1 is 0.727 bits per heavy atom. The second-order valence-corrected chi connectivity index (χ2v) is 13.5. The van der Waals surface area contributed by atoms with Gasteiger partial charge in [-0.05, 0) is 93.3 Å². The molecule has 2 aromatic heterocycles. The Hall–Kier alpha value is -2.45. The minimum Gasteiger partial charge on any atom is -0.396 e. The third-order valence-corrected chi connectivity index (χ3v) is 9.05. The summed E-state index contributed by atoms with van der Waals surface area (Å²) >= 11 is 0. The largest absolute Gasteiger partial charge is 0.396 e. The predicted octanol–water partition coefficient (Wildman–Crippen LogP) is 2.46. The Labute approximate surface area is 263 Å². The van der Waals surface area contributed by atoms with Gasteiger partial charge in [-0.25, -0.2) is 19.9 Å². The monoisotopic (exact) mass is 635 g/mol. The van der Waals surface area contributed by atoms with Crippen molar-refractivity contribution in [1.29, 1.82) is 0 Å². The van der Waals surface area contributed by atoms with E-state index >= 15 is 0 Å². The van der Waals surface area contributed by atoms with Crippen molar-refractivity contribution in [2.45, 2.75) is 65.2 Å². The normalized spacial score (nSPS) is 18.7. The number of nitrogens with one attached hydrogen (secondary N) is 1. The standard InChI is InChI=1S/C13H21N3O3S.C12H19N3O.C6H13NO/c1-3-11-8-14-13(15-9-11)16-6-4-12(5-7-16)10-19-20(2,17)18;1-2-10-7-13-12(14-8-10)15-5-3-11(9-16)4-6-15;8-5-6-1-3-7-4-2-6/h8-9,12H,3-7,10H2,1-2H3;7-8,11,16H,2-6,9H2,1H3;6-8H,1-5H2. The molecule has 3 saturated heterocycles. The summed E-state index contributed by atoms with van der Waals surface area (Å²) in [6, 6.07) is 0. The van der Waals surface area contributed by atoms with Crippen molar-refractivity contribution in [3.8, 4) is 0 Å². The van der Waals surface area contributed by atoms with Gasteiger partial charge in [0.15, 0.2) is 0 Å². The molecule has 5 heterocycles. The molecule has 0 amide bonds. The lowest BCUT2D eigenvalue weighted by Crippen LogP contribution is -2.36. The molecule has 0 atom stereocenters. The minimum atomic E-state index is -3.34. The fraction of sp³-hybridized carbons (Fsp3) is 0.742. The van der Waals surface area contributed by atoms with Crippen LogP contribution in [0.15, 0.2) is 24.8 Å². The number of piperidine rings is 3. The Bertz CT molecular complexity index is 1150. The van der Waals surface area contributed by atoms with E-state index in [9.17, 15) is 8.42 Å². The summed E-state index contributed by atoms with van der Waals surface area (Å²) in [6.45, 7) is 10.9. The molecule has 3 fully saturated rings. The number of hydrogen-bond donors (Lipinski definition) is 3. The average molecular weight is 636 g/mol. The molecule has 3 N–H and O–H groups in total. The lowest BCUT2D eigenvalue weighted by Gasteiger charge is -2.31. The van der Waals surface area contributed by atoms with E-state index in [1.54, 1.807) is 0 Å². The molecule has 0 bridgehead atoms. The van der Waals surface area contributed by atoms with Crippen LogP contribution >= 0.6 is 0 Å². The van der Waals surface area contributed by atoms with Crippen molar-refractivity contribution < 1.29 is 22.8 Å². The van der Waals surface area contributed by atoms with Crippen LogP contribution in [0.25, 0.3) is 0 Å². The lowest BCUT2D eigenvalue weighted by atomic mass is 9.98. The quantitative estimate of drug-likeness (QED) is 0.347. The van der Waals surface area contributed by atoms with Crippen molar-refractivity contribution in [3.63, 3.8) is 0 Å². The van der Waals surface area contributed by atoms with E-state index in [2.05, 4.69) is 48.9 Å². The van der Waals surface area contributed by atoms with Gasteiger partial charge in [-0.1, -0.05) is 13.8 Å². The van der Waals surface area contributed by atoms with E-state index in [0.717, 1.165) is 114 Å². The zero-order valence-corrected chi connectivity index (χ0v) is 27.6. The van der Waals surface area contributed by atoms with Crippen molar-refractivity contribution >= 4 is 22.0 Å². The van der Waals surface area contributed by atoms with E-state index in [1.165, 1.54) is 5.56 Å². The molecule has 0 aromatic carbocycles. The molecule has 3 aliphatic heterocycles. The third-order valence-electron chi connectivity index (χ3n) is 8.49. The molecule has 12 nitrogen and oxygen atoms in total.